The van der Waals surface area contributed by atoms with E-state index in [-0.39, 0.29) is 11.3 Å². The van der Waals surface area contributed by atoms with Crippen LogP contribution in [-0.2, 0) is 14.3 Å². The molecular formula is C22H36O6. The van der Waals surface area contributed by atoms with Crippen molar-refractivity contribution in [2.75, 3.05) is 6.61 Å². The molecule has 0 bridgehead atoms. The molecule has 160 valence electrons. The number of hydrogen-bond acceptors (Lipinski definition) is 6. The maximum Gasteiger partial charge on any atom is 0.332 e. The molecule has 0 unspecified atom stereocenters. The average Bonchev–Trinajstić information content (AvgIpc) is 2.60. The lowest BCUT2D eigenvalue weighted by Gasteiger charge is -2.71. The van der Waals surface area contributed by atoms with Crippen LogP contribution in [0.15, 0.2) is 12.7 Å². The van der Waals surface area contributed by atoms with Gasteiger partial charge in [-0.05, 0) is 44.9 Å². The van der Waals surface area contributed by atoms with E-state index in [2.05, 4.69) is 20.4 Å². The summed E-state index contributed by atoms with van der Waals surface area (Å²) >= 11 is 0. The molecule has 2 saturated carbocycles. The highest BCUT2D eigenvalue weighted by Crippen LogP contribution is 2.67. The van der Waals surface area contributed by atoms with Gasteiger partial charge in [-0.25, -0.2) is 4.79 Å². The second-order valence-electron chi connectivity index (χ2n) is 10.4. The Hall–Kier alpha value is -0.950. The second-order valence-corrected chi connectivity index (χ2v) is 10.4. The molecule has 0 amide bonds. The number of carbonyl (C=O) groups is 1. The maximum atomic E-state index is 12.2. The predicted octanol–water partition coefficient (Wildman–Crippen LogP) is 2.34. The fourth-order valence-electron chi connectivity index (χ4n) is 6.84. The Morgan fingerprint density at radius 1 is 1.18 bits per heavy atom. The van der Waals surface area contributed by atoms with Gasteiger partial charge in [0.25, 0.3) is 0 Å². The molecule has 3 fully saturated rings. The van der Waals surface area contributed by atoms with E-state index in [0.717, 1.165) is 19.3 Å². The van der Waals surface area contributed by atoms with Gasteiger partial charge in [-0.15, -0.1) is 6.58 Å². The minimum absolute atomic E-state index is 0.244. The minimum atomic E-state index is -1.34. The van der Waals surface area contributed by atoms with Gasteiger partial charge in [-0.2, -0.15) is 0 Å². The zero-order valence-electron chi connectivity index (χ0n) is 17.8. The quantitative estimate of drug-likeness (QED) is 0.501. The van der Waals surface area contributed by atoms with E-state index < -0.39 is 47.0 Å². The van der Waals surface area contributed by atoms with Gasteiger partial charge in [0.05, 0.1) is 11.7 Å². The topological polar surface area (TPSA) is 96.2 Å². The van der Waals surface area contributed by atoms with E-state index in [9.17, 15) is 20.1 Å². The van der Waals surface area contributed by atoms with Gasteiger partial charge in [-0.1, -0.05) is 33.3 Å². The van der Waals surface area contributed by atoms with Crippen molar-refractivity contribution in [1.82, 2.24) is 0 Å². The monoisotopic (exact) mass is 396 g/mol. The van der Waals surface area contributed by atoms with E-state index >= 15 is 0 Å². The first-order valence-electron chi connectivity index (χ1n) is 10.3. The molecule has 0 radical (unpaired) electrons. The summed E-state index contributed by atoms with van der Waals surface area (Å²) in [5, 5.41) is 33.0. The number of fused-ring (bicyclic) bond motifs is 3. The second kappa shape index (κ2) is 6.53. The first kappa shape index (κ1) is 21.8. The number of aliphatic hydroxyl groups excluding tert-OH is 2. The molecule has 0 aromatic carbocycles. The minimum Gasteiger partial charge on any atom is -0.455 e. The lowest BCUT2D eigenvalue weighted by atomic mass is 9.41. The summed E-state index contributed by atoms with van der Waals surface area (Å²) in [7, 11) is 0. The van der Waals surface area contributed by atoms with Crippen molar-refractivity contribution in [2.45, 2.75) is 95.7 Å². The van der Waals surface area contributed by atoms with Gasteiger partial charge in [0.1, 0.15) is 17.8 Å². The number of hydrogen-bond donors (Lipinski definition) is 3. The lowest BCUT2D eigenvalue weighted by molar-refractivity contribution is -0.379. The van der Waals surface area contributed by atoms with Crippen molar-refractivity contribution in [3.63, 3.8) is 0 Å². The van der Waals surface area contributed by atoms with Crippen LogP contribution in [0.4, 0.5) is 0 Å². The van der Waals surface area contributed by atoms with Crippen molar-refractivity contribution in [3.8, 4) is 0 Å². The van der Waals surface area contributed by atoms with Gasteiger partial charge in [0.2, 0.25) is 0 Å². The SMILES string of the molecule is C=C[C@@]1(C)CC[C@]2(O)[C@@]3(C)CCCC(C)(C)[C@@H]3[C@H](O)[C@H](OC(=O)CO)[C@@]2(C)O1. The molecule has 6 heteroatoms. The summed E-state index contributed by atoms with van der Waals surface area (Å²) in [5.41, 5.74) is -4.19. The third-order valence-electron chi connectivity index (χ3n) is 8.25. The van der Waals surface area contributed by atoms with Gasteiger partial charge >= 0.3 is 5.97 Å². The van der Waals surface area contributed by atoms with E-state index in [1.54, 1.807) is 13.0 Å². The van der Waals surface area contributed by atoms with Gasteiger partial charge in [0, 0.05) is 11.3 Å². The molecule has 6 nitrogen and oxygen atoms in total. The van der Waals surface area contributed by atoms with Gasteiger partial charge < -0.3 is 24.8 Å². The number of aliphatic hydroxyl groups is 3. The molecule has 7 atom stereocenters. The highest BCUT2D eigenvalue weighted by atomic mass is 16.6. The van der Waals surface area contributed by atoms with E-state index in [1.807, 2.05) is 13.8 Å². The van der Waals surface area contributed by atoms with E-state index in [1.165, 1.54) is 0 Å². The van der Waals surface area contributed by atoms with Crippen molar-refractivity contribution in [3.05, 3.63) is 12.7 Å². The number of esters is 1. The van der Waals surface area contributed by atoms with E-state index in [4.69, 9.17) is 9.47 Å². The fraction of sp³-hybridized carbons (Fsp3) is 0.864. The normalized spacial score (nSPS) is 50.2. The molecular weight excluding hydrogens is 360 g/mol. The van der Waals surface area contributed by atoms with Crippen molar-refractivity contribution < 1.29 is 29.6 Å². The first-order chi connectivity index (χ1) is 12.8. The van der Waals surface area contributed by atoms with Crippen LogP contribution in [0.5, 0.6) is 0 Å². The Balaban J connectivity index is 2.19. The summed E-state index contributed by atoms with van der Waals surface area (Å²) in [6, 6.07) is 0. The van der Waals surface area contributed by atoms with Gasteiger partial charge in [0.15, 0.2) is 6.10 Å². The molecule has 1 saturated heterocycles. The number of ether oxygens (including phenoxy) is 2. The van der Waals surface area contributed by atoms with Crippen molar-refractivity contribution in [2.24, 2.45) is 16.7 Å². The van der Waals surface area contributed by atoms with Crippen LogP contribution >= 0.6 is 0 Å². The summed E-state index contributed by atoms with van der Waals surface area (Å²) < 4.78 is 12.0. The smallest absolute Gasteiger partial charge is 0.332 e. The molecule has 2 aliphatic carbocycles. The fourth-order valence-corrected chi connectivity index (χ4v) is 6.84. The third kappa shape index (κ3) is 2.72. The molecule has 3 aliphatic rings. The largest absolute Gasteiger partial charge is 0.455 e. The third-order valence-corrected chi connectivity index (χ3v) is 8.25. The highest BCUT2D eigenvalue weighted by molar-refractivity contribution is 5.70. The van der Waals surface area contributed by atoms with Crippen LogP contribution < -0.4 is 0 Å². The Bertz CT molecular complexity index is 661. The standard InChI is InChI=1S/C22H36O6/c1-7-19(4)11-12-22(26)20(5)10-8-9-18(2,3)16(20)15(25)17(21(22,6)28-19)27-14(24)13-23/h7,15-17,23,25-26H,1,8-13H2,2-6H3/t15-,16-,17-,19-,20-,21+,22-/m0/s1. The summed E-state index contributed by atoms with van der Waals surface area (Å²) in [5.74, 6) is -1.11. The van der Waals surface area contributed by atoms with Crippen LogP contribution in [0.3, 0.4) is 0 Å². The molecule has 1 aliphatic heterocycles. The molecule has 0 spiro atoms. The Morgan fingerprint density at radius 2 is 1.82 bits per heavy atom. The number of rotatable bonds is 3. The molecule has 1 heterocycles. The Morgan fingerprint density at radius 3 is 2.39 bits per heavy atom. The molecule has 3 rings (SSSR count). The lowest BCUT2D eigenvalue weighted by Crippen LogP contribution is -2.82. The predicted molar refractivity (Wildman–Crippen MR) is 104 cm³/mol. The molecule has 0 aromatic rings. The van der Waals surface area contributed by atoms with Crippen LogP contribution in [0.2, 0.25) is 0 Å². The van der Waals surface area contributed by atoms with Crippen molar-refractivity contribution in [1.29, 1.82) is 0 Å². The van der Waals surface area contributed by atoms with Crippen LogP contribution in [0.25, 0.3) is 0 Å². The Kier molecular flexibility index (Phi) is 5.07. The molecule has 0 aromatic heterocycles. The zero-order chi connectivity index (χ0) is 21.2. The maximum absolute atomic E-state index is 12.2. The molecule has 3 N–H and O–H groups in total. The van der Waals surface area contributed by atoms with E-state index in [0.29, 0.717) is 12.8 Å². The van der Waals surface area contributed by atoms with Crippen LogP contribution in [-0.4, -0.2) is 56.9 Å². The first-order valence-corrected chi connectivity index (χ1v) is 10.3. The summed E-state index contributed by atoms with van der Waals surface area (Å²) in [6.45, 7) is 13.0. The van der Waals surface area contributed by atoms with Crippen molar-refractivity contribution >= 4 is 5.97 Å². The summed E-state index contributed by atoms with van der Waals surface area (Å²) in [6.07, 6.45) is 3.26. The Labute approximate surface area is 167 Å². The van der Waals surface area contributed by atoms with Crippen LogP contribution in [0.1, 0.15) is 66.7 Å². The highest BCUT2D eigenvalue weighted by Gasteiger charge is 2.76. The summed E-state index contributed by atoms with van der Waals surface area (Å²) in [4.78, 5) is 12.0. The average molecular weight is 397 g/mol. The molecule has 28 heavy (non-hydrogen) atoms. The van der Waals surface area contributed by atoms with Gasteiger partial charge in [-0.3, -0.25) is 0 Å². The number of carbonyl (C=O) groups excluding carboxylic acids is 1. The van der Waals surface area contributed by atoms with Crippen LogP contribution in [0, 0.1) is 16.7 Å². The zero-order valence-corrected chi connectivity index (χ0v) is 17.8.